The number of hydrogen-bond acceptors (Lipinski definition) is 2. The maximum absolute atomic E-state index is 2.46. The van der Waals surface area contributed by atoms with Gasteiger partial charge in [0.05, 0.1) is 0 Å². The fourth-order valence-corrected chi connectivity index (χ4v) is 7.69. The smallest absolute Gasteiger partial charge is 0.0468 e. The molecule has 2 nitrogen and oxygen atoms in total. The number of rotatable bonds is 7. The first-order valence-electron chi connectivity index (χ1n) is 17.8. The summed E-state index contributed by atoms with van der Waals surface area (Å²) in [5.74, 6) is 0. The van der Waals surface area contributed by atoms with Crippen LogP contribution in [0.15, 0.2) is 170 Å². The minimum absolute atomic E-state index is 0.128. The lowest BCUT2D eigenvalue weighted by Crippen LogP contribution is -2.34. The highest BCUT2D eigenvalue weighted by Gasteiger charge is 2.37. The number of benzene rings is 7. The van der Waals surface area contributed by atoms with Crippen LogP contribution in [0.4, 0.5) is 34.1 Å². The molecule has 0 unspecified atom stereocenters. The third kappa shape index (κ3) is 5.96. The minimum Gasteiger partial charge on any atom is -0.311 e. The molecule has 0 fully saturated rings. The zero-order chi connectivity index (χ0) is 34.3. The van der Waals surface area contributed by atoms with Crippen molar-refractivity contribution in [3.63, 3.8) is 0 Å². The van der Waals surface area contributed by atoms with Gasteiger partial charge in [0.1, 0.15) is 0 Å². The monoisotopic (exact) mass is 648 g/mol. The van der Waals surface area contributed by atoms with Crippen LogP contribution in [0.2, 0.25) is 0 Å². The van der Waals surface area contributed by atoms with Crippen LogP contribution in [-0.4, -0.2) is 0 Å². The Morgan fingerprint density at radius 3 is 1.30 bits per heavy atom. The van der Waals surface area contributed by atoms with Crippen LogP contribution in [0.3, 0.4) is 0 Å². The van der Waals surface area contributed by atoms with Gasteiger partial charge in [0, 0.05) is 34.1 Å². The maximum atomic E-state index is 2.46. The van der Waals surface area contributed by atoms with E-state index < -0.39 is 0 Å². The number of nitrogens with zero attached hydrogens (tertiary/aromatic N) is 2. The summed E-state index contributed by atoms with van der Waals surface area (Å²) in [5.41, 5.74) is 12.5. The second-order valence-electron chi connectivity index (χ2n) is 15.0. The van der Waals surface area contributed by atoms with Crippen molar-refractivity contribution >= 4 is 44.9 Å². The predicted octanol–water partition coefficient (Wildman–Crippen LogP) is 13.8. The summed E-state index contributed by atoms with van der Waals surface area (Å²) in [6.45, 7) is 9.61. The van der Waals surface area contributed by atoms with Crippen molar-refractivity contribution in [2.24, 2.45) is 0 Å². The predicted molar refractivity (Wildman–Crippen MR) is 214 cm³/mol. The van der Waals surface area contributed by atoms with Crippen molar-refractivity contribution in [2.45, 2.75) is 51.4 Å². The molecule has 7 aromatic rings. The summed E-state index contributed by atoms with van der Waals surface area (Å²) in [4.78, 5) is 4.73. The van der Waals surface area contributed by atoms with Gasteiger partial charge in [-0.3, -0.25) is 0 Å². The first-order valence-corrected chi connectivity index (χ1v) is 17.8. The lowest BCUT2D eigenvalue weighted by Gasteiger charge is -2.42. The van der Waals surface area contributed by atoms with Gasteiger partial charge in [0.2, 0.25) is 0 Å². The van der Waals surface area contributed by atoms with E-state index in [0.29, 0.717) is 0 Å². The zero-order valence-corrected chi connectivity index (χ0v) is 29.5. The van der Waals surface area contributed by atoms with Crippen LogP contribution >= 0.6 is 0 Å². The second kappa shape index (κ2) is 12.7. The molecule has 0 spiro atoms. The Hall–Kier alpha value is -5.60. The average molecular weight is 649 g/mol. The molecule has 1 aliphatic rings. The van der Waals surface area contributed by atoms with Crippen molar-refractivity contribution in [3.05, 3.63) is 181 Å². The van der Waals surface area contributed by atoms with Crippen LogP contribution in [0.1, 0.15) is 51.7 Å². The molecule has 0 N–H and O–H groups in total. The highest BCUT2D eigenvalue weighted by atomic mass is 15.1. The molecule has 246 valence electrons. The third-order valence-corrected chi connectivity index (χ3v) is 10.7. The Morgan fingerprint density at radius 2 is 0.740 bits per heavy atom. The third-order valence-electron chi connectivity index (χ3n) is 10.7. The first kappa shape index (κ1) is 31.7. The molecule has 0 saturated heterocycles. The van der Waals surface area contributed by atoms with Crippen molar-refractivity contribution in [1.82, 2.24) is 0 Å². The average Bonchev–Trinajstić information content (AvgIpc) is 3.15. The van der Waals surface area contributed by atoms with E-state index in [2.05, 4.69) is 207 Å². The number of fused-ring (bicyclic) bond motifs is 2. The summed E-state index contributed by atoms with van der Waals surface area (Å²) in [7, 11) is 0. The van der Waals surface area contributed by atoms with E-state index in [1.807, 2.05) is 0 Å². The van der Waals surface area contributed by atoms with E-state index in [1.54, 1.807) is 0 Å². The van der Waals surface area contributed by atoms with Gasteiger partial charge >= 0.3 is 0 Å². The molecule has 0 aliphatic heterocycles. The summed E-state index contributed by atoms with van der Waals surface area (Å²) in [5, 5.41) is 2.49. The normalized spacial score (nSPS) is 14.6. The van der Waals surface area contributed by atoms with Crippen LogP contribution in [0, 0.1) is 0 Å². The number of para-hydroxylation sites is 2. The molecule has 8 rings (SSSR count). The number of anilines is 6. The van der Waals surface area contributed by atoms with Crippen LogP contribution in [0.5, 0.6) is 0 Å². The molecule has 0 saturated carbocycles. The van der Waals surface area contributed by atoms with E-state index in [0.717, 1.165) is 28.4 Å². The van der Waals surface area contributed by atoms with E-state index in [9.17, 15) is 0 Å². The Kier molecular flexibility index (Phi) is 8.04. The Morgan fingerprint density at radius 1 is 0.340 bits per heavy atom. The molecule has 1 aliphatic carbocycles. The fourth-order valence-electron chi connectivity index (χ4n) is 7.69. The fraction of sp³-hybridized carbons (Fsp3) is 0.167. The lowest BCUT2D eigenvalue weighted by atomic mass is 9.63. The van der Waals surface area contributed by atoms with E-state index >= 15 is 0 Å². The molecule has 7 aromatic carbocycles. The summed E-state index contributed by atoms with van der Waals surface area (Å²) in [6.07, 6.45) is 2.40. The number of hydrogen-bond donors (Lipinski definition) is 0. The van der Waals surface area contributed by atoms with Gasteiger partial charge in [-0.2, -0.15) is 0 Å². The van der Waals surface area contributed by atoms with Gasteiger partial charge in [0.25, 0.3) is 0 Å². The van der Waals surface area contributed by atoms with Crippen molar-refractivity contribution in [3.8, 4) is 11.1 Å². The quantitative estimate of drug-likeness (QED) is 0.170. The van der Waals surface area contributed by atoms with E-state index in [1.165, 1.54) is 51.6 Å². The Bertz CT molecular complexity index is 2210. The van der Waals surface area contributed by atoms with E-state index in [4.69, 9.17) is 0 Å². The van der Waals surface area contributed by atoms with Gasteiger partial charge in [-0.1, -0.05) is 125 Å². The largest absolute Gasteiger partial charge is 0.311 e. The molecule has 0 aromatic heterocycles. The van der Waals surface area contributed by atoms with Crippen LogP contribution < -0.4 is 9.80 Å². The summed E-state index contributed by atoms with van der Waals surface area (Å²) < 4.78 is 0. The Labute approximate surface area is 297 Å². The van der Waals surface area contributed by atoms with Crippen LogP contribution in [-0.2, 0) is 10.8 Å². The highest BCUT2D eigenvalue weighted by molar-refractivity contribution is 5.89. The molecular formula is C48H44N2. The van der Waals surface area contributed by atoms with Crippen LogP contribution in [0.25, 0.3) is 21.9 Å². The molecule has 0 heterocycles. The summed E-state index contributed by atoms with van der Waals surface area (Å²) in [6, 6.07) is 61.7. The van der Waals surface area contributed by atoms with Crippen molar-refractivity contribution in [2.75, 3.05) is 9.80 Å². The summed E-state index contributed by atoms with van der Waals surface area (Å²) >= 11 is 0. The van der Waals surface area contributed by atoms with Gasteiger partial charge in [0.15, 0.2) is 0 Å². The molecule has 0 bridgehead atoms. The lowest BCUT2D eigenvalue weighted by molar-refractivity contribution is 0.332. The highest BCUT2D eigenvalue weighted by Crippen LogP contribution is 2.48. The Balaban J connectivity index is 1.17. The minimum atomic E-state index is 0.128. The molecule has 0 amide bonds. The van der Waals surface area contributed by atoms with Gasteiger partial charge in [-0.25, -0.2) is 0 Å². The zero-order valence-electron chi connectivity index (χ0n) is 29.5. The molecule has 50 heavy (non-hydrogen) atoms. The standard InChI is InChI=1S/C48H44N2/c1-47(2)31-32-48(3,4)46-34-44(29-30-45(46)47)50(43-28-23-35-13-11-12-14-38(35)33-43)42-26-21-37(22-27-42)36-19-24-41(25-20-36)49(39-15-7-5-8-16-39)40-17-9-6-10-18-40/h5-30,33-34H,31-32H2,1-4H3. The van der Waals surface area contributed by atoms with Crippen molar-refractivity contribution < 1.29 is 0 Å². The molecule has 2 heteroatoms. The molecule has 0 atom stereocenters. The maximum Gasteiger partial charge on any atom is 0.0468 e. The molecular weight excluding hydrogens is 605 g/mol. The van der Waals surface area contributed by atoms with Gasteiger partial charge in [-0.15, -0.1) is 0 Å². The molecule has 0 radical (unpaired) electrons. The topological polar surface area (TPSA) is 6.48 Å². The SMILES string of the molecule is CC1(C)CCC(C)(C)c2cc(N(c3ccc(-c4ccc(N(c5ccccc5)c5ccccc5)cc4)cc3)c3ccc4ccccc4c3)ccc21. The van der Waals surface area contributed by atoms with Gasteiger partial charge in [-0.05, 0) is 129 Å². The first-order chi connectivity index (χ1) is 24.3. The van der Waals surface area contributed by atoms with E-state index in [-0.39, 0.29) is 10.8 Å². The second-order valence-corrected chi connectivity index (χ2v) is 15.0. The van der Waals surface area contributed by atoms with Gasteiger partial charge < -0.3 is 9.80 Å². The van der Waals surface area contributed by atoms with Crippen molar-refractivity contribution in [1.29, 1.82) is 0 Å².